The van der Waals surface area contributed by atoms with Crippen molar-refractivity contribution in [1.82, 2.24) is 10.3 Å². The number of amides is 1. The van der Waals surface area contributed by atoms with Gasteiger partial charge < -0.3 is 15.0 Å². The lowest BCUT2D eigenvalue weighted by atomic mass is 9.88. The van der Waals surface area contributed by atoms with Crippen LogP contribution >= 0.6 is 0 Å². The lowest BCUT2D eigenvalue weighted by Gasteiger charge is -2.18. The Morgan fingerprint density at radius 3 is 2.57 bits per heavy atom. The van der Waals surface area contributed by atoms with Gasteiger partial charge >= 0.3 is 0 Å². The minimum absolute atomic E-state index is 0.0570. The number of hydrogen-bond acceptors (Lipinski definition) is 2. The van der Waals surface area contributed by atoms with Crippen molar-refractivity contribution >= 4 is 16.8 Å². The standard InChI is InChI=1S/C26H26N2O2/c1-2-15-27-26(29)17-23(24-18-28-25-14-7-6-13-22(24)25)19-9-8-12-21(16-19)30-20-10-4-3-5-11-20/h3-14,16,18,23,28H,2,15,17H2,1H3,(H,27,29). The molecule has 1 amide bonds. The molecule has 0 spiro atoms. The summed E-state index contributed by atoms with van der Waals surface area (Å²) in [6.07, 6.45) is 3.33. The van der Waals surface area contributed by atoms with Crippen molar-refractivity contribution in [2.45, 2.75) is 25.7 Å². The van der Waals surface area contributed by atoms with Crippen LogP contribution in [0.25, 0.3) is 10.9 Å². The van der Waals surface area contributed by atoms with Gasteiger partial charge in [0, 0.05) is 36.0 Å². The summed E-state index contributed by atoms with van der Waals surface area (Å²) in [4.78, 5) is 16.0. The van der Waals surface area contributed by atoms with Gasteiger partial charge in [-0.2, -0.15) is 0 Å². The van der Waals surface area contributed by atoms with Crippen molar-refractivity contribution in [2.75, 3.05) is 6.54 Å². The SMILES string of the molecule is CCCNC(=O)CC(c1cccc(Oc2ccccc2)c1)c1c[nH]c2ccccc12. The van der Waals surface area contributed by atoms with Gasteiger partial charge in [-0.05, 0) is 47.9 Å². The number of para-hydroxylation sites is 2. The van der Waals surface area contributed by atoms with Gasteiger partial charge in [0.1, 0.15) is 11.5 Å². The number of benzene rings is 3. The molecule has 2 N–H and O–H groups in total. The molecule has 0 fully saturated rings. The molecule has 0 saturated carbocycles. The molecule has 1 unspecified atom stereocenters. The van der Waals surface area contributed by atoms with E-state index in [0.717, 1.165) is 39.9 Å². The predicted octanol–water partition coefficient (Wildman–Crippen LogP) is 6.01. The summed E-state index contributed by atoms with van der Waals surface area (Å²) in [5, 5.41) is 4.16. The average molecular weight is 399 g/mol. The lowest BCUT2D eigenvalue weighted by molar-refractivity contribution is -0.121. The third-order valence-corrected chi connectivity index (χ3v) is 5.20. The Bertz CT molecular complexity index is 1120. The monoisotopic (exact) mass is 398 g/mol. The molecule has 0 aliphatic rings. The highest BCUT2D eigenvalue weighted by Gasteiger charge is 2.22. The topological polar surface area (TPSA) is 54.1 Å². The molecule has 0 saturated heterocycles. The second-order valence-corrected chi connectivity index (χ2v) is 7.38. The summed E-state index contributed by atoms with van der Waals surface area (Å²) in [5.41, 5.74) is 3.25. The molecule has 4 rings (SSSR count). The number of carbonyl (C=O) groups is 1. The number of H-pyrrole nitrogens is 1. The number of aromatic amines is 1. The van der Waals surface area contributed by atoms with Gasteiger partial charge in [0.2, 0.25) is 5.91 Å². The van der Waals surface area contributed by atoms with Gasteiger partial charge in [0.25, 0.3) is 0 Å². The van der Waals surface area contributed by atoms with Crippen LogP contribution in [0, 0.1) is 0 Å². The van der Waals surface area contributed by atoms with E-state index in [4.69, 9.17) is 4.74 Å². The molecule has 1 heterocycles. The van der Waals surface area contributed by atoms with Gasteiger partial charge in [0.15, 0.2) is 0 Å². The third kappa shape index (κ3) is 4.54. The molecule has 0 aliphatic heterocycles. The van der Waals surface area contributed by atoms with Crippen molar-refractivity contribution in [3.8, 4) is 11.5 Å². The first-order valence-electron chi connectivity index (χ1n) is 10.4. The largest absolute Gasteiger partial charge is 0.457 e. The Labute approximate surface area is 176 Å². The first-order valence-corrected chi connectivity index (χ1v) is 10.4. The van der Waals surface area contributed by atoms with Crippen LogP contribution in [0.1, 0.15) is 36.8 Å². The summed E-state index contributed by atoms with van der Waals surface area (Å²) in [5.74, 6) is 1.54. The highest BCUT2D eigenvalue weighted by molar-refractivity contribution is 5.86. The second-order valence-electron chi connectivity index (χ2n) is 7.38. The molecule has 152 valence electrons. The minimum atomic E-state index is -0.0719. The number of hydrogen-bond donors (Lipinski definition) is 2. The predicted molar refractivity (Wildman–Crippen MR) is 121 cm³/mol. The van der Waals surface area contributed by atoms with E-state index in [2.05, 4.69) is 35.4 Å². The van der Waals surface area contributed by atoms with Crippen molar-refractivity contribution < 1.29 is 9.53 Å². The maximum Gasteiger partial charge on any atom is 0.220 e. The zero-order valence-corrected chi connectivity index (χ0v) is 17.1. The van der Waals surface area contributed by atoms with Crippen LogP contribution in [0.2, 0.25) is 0 Å². The molecule has 1 atom stereocenters. The highest BCUT2D eigenvalue weighted by Crippen LogP contribution is 2.35. The summed E-state index contributed by atoms with van der Waals surface area (Å²) in [7, 11) is 0. The van der Waals surface area contributed by atoms with E-state index in [0.29, 0.717) is 13.0 Å². The van der Waals surface area contributed by atoms with E-state index in [1.165, 1.54) is 0 Å². The quantitative estimate of drug-likeness (QED) is 0.382. The molecule has 30 heavy (non-hydrogen) atoms. The number of fused-ring (bicyclic) bond motifs is 1. The van der Waals surface area contributed by atoms with E-state index in [1.807, 2.05) is 66.9 Å². The Kier molecular flexibility index (Phi) is 6.14. The van der Waals surface area contributed by atoms with Crippen molar-refractivity contribution in [3.63, 3.8) is 0 Å². The smallest absolute Gasteiger partial charge is 0.220 e. The fourth-order valence-corrected chi connectivity index (χ4v) is 3.73. The van der Waals surface area contributed by atoms with Crippen LogP contribution in [0.4, 0.5) is 0 Å². The molecular formula is C26H26N2O2. The van der Waals surface area contributed by atoms with Gasteiger partial charge in [-0.15, -0.1) is 0 Å². The maximum absolute atomic E-state index is 12.6. The molecule has 4 nitrogen and oxygen atoms in total. The Hall–Kier alpha value is -3.53. The minimum Gasteiger partial charge on any atom is -0.457 e. The normalized spacial score (nSPS) is 11.9. The second kappa shape index (κ2) is 9.31. The molecular weight excluding hydrogens is 372 g/mol. The first kappa shape index (κ1) is 19.8. The van der Waals surface area contributed by atoms with E-state index >= 15 is 0 Å². The van der Waals surface area contributed by atoms with E-state index < -0.39 is 0 Å². The van der Waals surface area contributed by atoms with E-state index in [-0.39, 0.29) is 11.8 Å². The molecule has 4 heteroatoms. The molecule has 1 aromatic heterocycles. The van der Waals surface area contributed by atoms with Crippen molar-refractivity contribution in [1.29, 1.82) is 0 Å². The molecule has 4 aromatic rings. The van der Waals surface area contributed by atoms with Crippen LogP contribution in [0.3, 0.4) is 0 Å². The Balaban J connectivity index is 1.69. The number of aromatic nitrogens is 1. The van der Waals surface area contributed by atoms with E-state index in [1.54, 1.807) is 0 Å². The van der Waals surface area contributed by atoms with Crippen LogP contribution in [0.15, 0.2) is 85.1 Å². The van der Waals surface area contributed by atoms with Gasteiger partial charge in [-0.1, -0.05) is 55.5 Å². The fourth-order valence-electron chi connectivity index (χ4n) is 3.73. The first-order chi connectivity index (χ1) is 14.7. The van der Waals surface area contributed by atoms with Crippen LogP contribution in [-0.2, 0) is 4.79 Å². The zero-order chi connectivity index (χ0) is 20.8. The highest BCUT2D eigenvalue weighted by atomic mass is 16.5. The van der Waals surface area contributed by atoms with Gasteiger partial charge in [-0.3, -0.25) is 4.79 Å². The number of rotatable bonds is 8. The fraction of sp³-hybridized carbons (Fsp3) is 0.192. The van der Waals surface area contributed by atoms with Gasteiger partial charge in [0.05, 0.1) is 0 Å². The van der Waals surface area contributed by atoms with Crippen molar-refractivity contribution in [3.05, 3.63) is 96.2 Å². The summed E-state index contributed by atoms with van der Waals surface area (Å²) < 4.78 is 6.04. The number of nitrogens with one attached hydrogen (secondary N) is 2. The molecule has 0 bridgehead atoms. The zero-order valence-electron chi connectivity index (χ0n) is 17.1. The maximum atomic E-state index is 12.6. The van der Waals surface area contributed by atoms with Crippen LogP contribution < -0.4 is 10.1 Å². The Morgan fingerprint density at radius 2 is 1.73 bits per heavy atom. The van der Waals surface area contributed by atoms with Crippen LogP contribution in [0.5, 0.6) is 11.5 Å². The van der Waals surface area contributed by atoms with Crippen LogP contribution in [-0.4, -0.2) is 17.4 Å². The Morgan fingerprint density at radius 1 is 0.967 bits per heavy atom. The van der Waals surface area contributed by atoms with E-state index in [9.17, 15) is 4.79 Å². The number of carbonyl (C=O) groups excluding carboxylic acids is 1. The summed E-state index contributed by atoms with van der Waals surface area (Å²) in [6, 6.07) is 26.0. The number of ether oxygens (including phenoxy) is 1. The van der Waals surface area contributed by atoms with Gasteiger partial charge in [-0.25, -0.2) is 0 Å². The average Bonchev–Trinajstić information content (AvgIpc) is 3.21. The lowest BCUT2D eigenvalue weighted by Crippen LogP contribution is -2.26. The molecule has 0 radical (unpaired) electrons. The molecule has 0 aliphatic carbocycles. The van der Waals surface area contributed by atoms with Crippen molar-refractivity contribution in [2.24, 2.45) is 0 Å². The molecule has 3 aromatic carbocycles. The third-order valence-electron chi connectivity index (χ3n) is 5.20. The summed E-state index contributed by atoms with van der Waals surface area (Å²) in [6.45, 7) is 2.75. The summed E-state index contributed by atoms with van der Waals surface area (Å²) >= 11 is 0.